The zero-order chi connectivity index (χ0) is 18.9. The number of likely N-dealkylation sites (tertiary alicyclic amines) is 1. The van der Waals surface area contributed by atoms with Crippen LogP contribution in [0.5, 0.6) is 5.75 Å². The average Bonchev–Trinajstić information content (AvgIpc) is 2.65. The first-order valence-electron chi connectivity index (χ1n) is 9.86. The van der Waals surface area contributed by atoms with Crippen LogP contribution in [-0.4, -0.2) is 51.2 Å². The van der Waals surface area contributed by atoms with Crippen molar-refractivity contribution < 1.29 is 4.74 Å². The molecular weight excluding hydrogens is 451 g/mol. The second kappa shape index (κ2) is 12.4. The molecular formula is C21H37IN4O. The van der Waals surface area contributed by atoms with E-state index in [1.54, 1.807) is 0 Å². The van der Waals surface area contributed by atoms with Crippen LogP contribution in [-0.2, 0) is 0 Å². The van der Waals surface area contributed by atoms with Crippen LogP contribution in [0.4, 0.5) is 0 Å². The van der Waals surface area contributed by atoms with Crippen LogP contribution in [0.2, 0.25) is 0 Å². The van der Waals surface area contributed by atoms with E-state index < -0.39 is 0 Å². The van der Waals surface area contributed by atoms with Crippen LogP contribution in [0.3, 0.4) is 0 Å². The first kappa shape index (κ1) is 24.0. The van der Waals surface area contributed by atoms with Gasteiger partial charge in [-0.05, 0) is 69.4 Å². The Morgan fingerprint density at radius 3 is 2.37 bits per heavy atom. The molecule has 1 unspecified atom stereocenters. The maximum atomic E-state index is 5.76. The number of benzene rings is 1. The Morgan fingerprint density at radius 2 is 1.81 bits per heavy atom. The smallest absolute Gasteiger partial charge is 0.191 e. The van der Waals surface area contributed by atoms with E-state index in [4.69, 9.17) is 4.74 Å². The number of guanidine groups is 1. The fourth-order valence-electron chi connectivity index (χ4n) is 3.11. The van der Waals surface area contributed by atoms with E-state index in [1.165, 1.54) is 31.5 Å². The molecule has 2 rings (SSSR count). The summed E-state index contributed by atoms with van der Waals surface area (Å²) in [5.74, 6) is 3.07. The minimum absolute atomic E-state index is 0. The molecule has 0 aliphatic carbocycles. The summed E-state index contributed by atoms with van der Waals surface area (Å²) in [7, 11) is 4.03. The second-order valence-corrected chi connectivity index (χ2v) is 7.84. The molecule has 1 aromatic rings. The van der Waals surface area contributed by atoms with Crippen molar-refractivity contribution in [3.05, 3.63) is 29.8 Å². The molecule has 0 spiro atoms. The van der Waals surface area contributed by atoms with Crippen LogP contribution in [0.1, 0.15) is 45.2 Å². The van der Waals surface area contributed by atoms with Gasteiger partial charge in [0.2, 0.25) is 0 Å². The van der Waals surface area contributed by atoms with Crippen LogP contribution >= 0.6 is 24.0 Å². The first-order chi connectivity index (χ1) is 12.5. The number of rotatable bonds is 7. The fourth-order valence-corrected chi connectivity index (χ4v) is 3.11. The Bertz CT molecular complexity index is 554. The van der Waals surface area contributed by atoms with Crippen LogP contribution in [0.25, 0.3) is 0 Å². The number of halogens is 1. The quantitative estimate of drug-likeness (QED) is 0.347. The normalized spacial score (nSPS) is 17.3. The van der Waals surface area contributed by atoms with E-state index in [0.717, 1.165) is 30.8 Å². The minimum Gasteiger partial charge on any atom is -0.493 e. The van der Waals surface area contributed by atoms with Gasteiger partial charge in [0, 0.05) is 13.6 Å². The first-order valence-corrected chi connectivity index (χ1v) is 9.86. The van der Waals surface area contributed by atoms with Gasteiger partial charge in [0.25, 0.3) is 0 Å². The number of nitrogens with one attached hydrogen (secondary N) is 2. The van der Waals surface area contributed by atoms with Crippen molar-refractivity contribution in [3.8, 4) is 5.75 Å². The molecule has 2 N–H and O–H groups in total. The Hall–Kier alpha value is -1.02. The summed E-state index contributed by atoms with van der Waals surface area (Å²) in [6.45, 7) is 10.6. The highest BCUT2D eigenvalue weighted by molar-refractivity contribution is 14.0. The Morgan fingerprint density at radius 1 is 1.19 bits per heavy atom. The standard InChI is InChI=1S/C21H36N4O.HI/c1-16(2)15-26-20-8-6-19(7-9-20)17(3)24-21(22-4)23-14-18-10-12-25(5)13-11-18;/h6-9,16-18H,10-15H2,1-5H3,(H2,22,23,24);1H. The average molecular weight is 488 g/mol. The molecule has 1 fully saturated rings. The van der Waals surface area contributed by atoms with Gasteiger partial charge in [-0.2, -0.15) is 0 Å². The summed E-state index contributed by atoms with van der Waals surface area (Å²) in [6.07, 6.45) is 2.52. The molecule has 0 radical (unpaired) electrons. The maximum absolute atomic E-state index is 5.76. The Balaban J connectivity index is 0.00000364. The molecule has 0 saturated carbocycles. The summed E-state index contributed by atoms with van der Waals surface area (Å²) >= 11 is 0. The molecule has 1 aliphatic rings. The van der Waals surface area contributed by atoms with E-state index in [9.17, 15) is 0 Å². The van der Waals surface area contributed by atoms with Crippen molar-refractivity contribution >= 4 is 29.9 Å². The van der Waals surface area contributed by atoms with Gasteiger partial charge in [-0.25, -0.2) is 0 Å². The van der Waals surface area contributed by atoms with Gasteiger partial charge < -0.3 is 20.3 Å². The fraction of sp³-hybridized carbons (Fsp3) is 0.667. The third-order valence-corrected chi connectivity index (χ3v) is 4.94. The monoisotopic (exact) mass is 488 g/mol. The molecule has 1 aliphatic heterocycles. The molecule has 27 heavy (non-hydrogen) atoms. The zero-order valence-electron chi connectivity index (χ0n) is 17.5. The number of nitrogens with zero attached hydrogens (tertiary/aromatic N) is 2. The Kier molecular flexibility index (Phi) is 11.1. The van der Waals surface area contributed by atoms with E-state index in [2.05, 4.69) is 60.5 Å². The molecule has 5 nitrogen and oxygen atoms in total. The van der Waals surface area contributed by atoms with Crippen molar-refractivity contribution in [2.24, 2.45) is 16.8 Å². The molecule has 0 aromatic heterocycles. The van der Waals surface area contributed by atoms with E-state index in [-0.39, 0.29) is 30.0 Å². The van der Waals surface area contributed by atoms with Gasteiger partial charge in [0.15, 0.2) is 5.96 Å². The van der Waals surface area contributed by atoms with Gasteiger partial charge in [-0.1, -0.05) is 26.0 Å². The van der Waals surface area contributed by atoms with Crippen LogP contribution < -0.4 is 15.4 Å². The number of aliphatic imine (C=N–C) groups is 1. The predicted molar refractivity (Wildman–Crippen MR) is 125 cm³/mol. The lowest BCUT2D eigenvalue weighted by molar-refractivity contribution is 0.220. The Labute approximate surface area is 182 Å². The molecule has 0 amide bonds. The van der Waals surface area contributed by atoms with Crippen LogP contribution in [0.15, 0.2) is 29.3 Å². The highest BCUT2D eigenvalue weighted by Crippen LogP contribution is 2.18. The highest BCUT2D eigenvalue weighted by atomic mass is 127. The van der Waals surface area contributed by atoms with Gasteiger partial charge in [-0.15, -0.1) is 24.0 Å². The molecule has 1 aromatic carbocycles. The van der Waals surface area contributed by atoms with E-state index in [1.807, 2.05) is 19.2 Å². The number of piperidine rings is 1. The molecule has 1 saturated heterocycles. The molecule has 0 bridgehead atoms. The predicted octanol–water partition coefficient (Wildman–Crippen LogP) is 3.91. The largest absolute Gasteiger partial charge is 0.493 e. The SMILES string of the molecule is CN=C(NCC1CCN(C)CC1)NC(C)c1ccc(OCC(C)C)cc1.I. The summed E-state index contributed by atoms with van der Waals surface area (Å²) in [4.78, 5) is 6.78. The third-order valence-electron chi connectivity index (χ3n) is 4.94. The second-order valence-electron chi connectivity index (χ2n) is 7.84. The van der Waals surface area contributed by atoms with Crippen molar-refractivity contribution in [3.63, 3.8) is 0 Å². The van der Waals surface area contributed by atoms with Gasteiger partial charge >= 0.3 is 0 Å². The van der Waals surface area contributed by atoms with Crippen LogP contribution in [0, 0.1) is 11.8 Å². The molecule has 6 heteroatoms. The lowest BCUT2D eigenvalue weighted by atomic mass is 9.97. The molecule has 154 valence electrons. The zero-order valence-corrected chi connectivity index (χ0v) is 19.8. The van der Waals surface area contributed by atoms with Crippen molar-refractivity contribution in [1.82, 2.24) is 15.5 Å². The summed E-state index contributed by atoms with van der Waals surface area (Å²) in [6, 6.07) is 8.53. The lowest BCUT2D eigenvalue weighted by Crippen LogP contribution is -2.43. The summed E-state index contributed by atoms with van der Waals surface area (Å²) < 4.78 is 5.76. The minimum atomic E-state index is 0. The molecule has 1 atom stereocenters. The van der Waals surface area contributed by atoms with Crippen molar-refractivity contribution in [1.29, 1.82) is 0 Å². The highest BCUT2D eigenvalue weighted by Gasteiger charge is 2.17. The number of hydrogen-bond donors (Lipinski definition) is 2. The number of ether oxygens (including phenoxy) is 1. The van der Waals surface area contributed by atoms with Gasteiger partial charge in [0.1, 0.15) is 5.75 Å². The topological polar surface area (TPSA) is 48.9 Å². The lowest BCUT2D eigenvalue weighted by Gasteiger charge is -2.29. The summed E-state index contributed by atoms with van der Waals surface area (Å²) in [5, 5.41) is 6.98. The van der Waals surface area contributed by atoms with Crippen molar-refractivity contribution in [2.75, 3.05) is 40.3 Å². The maximum Gasteiger partial charge on any atom is 0.191 e. The third kappa shape index (κ3) is 8.68. The van der Waals surface area contributed by atoms with Crippen molar-refractivity contribution in [2.45, 2.75) is 39.7 Å². The number of hydrogen-bond acceptors (Lipinski definition) is 3. The van der Waals surface area contributed by atoms with Gasteiger partial charge in [-0.3, -0.25) is 4.99 Å². The van der Waals surface area contributed by atoms with E-state index >= 15 is 0 Å². The van der Waals surface area contributed by atoms with Gasteiger partial charge in [0.05, 0.1) is 12.6 Å². The molecule has 1 heterocycles. The van der Waals surface area contributed by atoms with E-state index in [0.29, 0.717) is 5.92 Å². The summed E-state index contributed by atoms with van der Waals surface area (Å²) in [5.41, 5.74) is 1.23.